The number of thiophene rings is 1. The van der Waals surface area contributed by atoms with Crippen molar-refractivity contribution < 1.29 is 0 Å². The van der Waals surface area contributed by atoms with E-state index in [-0.39, 0.29) is 0 Å². The molecule has 0 aliphatic carbocycles. The molecule has 1 aromatic rings. The van der Waals surface area contributed by atoms with Crippen LogP contribution in [-0.4, -0.2) is 0 Å². The molecule has 0 saturated heterocycles. The third-order valence-corrected chi connectivity index (χ3v) is 3.31. The molecule has 0 fully saturated rings. The van der Waals surface area contributed by atoms with Gasteiger partial charge in [-0.2, -0.15) is 5.26 Å². The van der Waals surface area contributed by atoms with Gasteiger partial charge in [-0.05, 0) is 29.3 Å². The summed E-state index contributed by atoms with van der Waals surface area (Å²) in [6.07, 6.45) is 1.09. The van der Waals surface area contributed by atoms with Gasteiger partial charge in [0, 0.05) is 4.88 Å². The van der Waals surface area contributed by atoms with Crippen molar-refractivity contribution in [1.82, 2.24) is 0 Å². The topological polar surface area (TPSA) is 49.8 Å². The molecule has 0 amide bonds. The van der Waals surface area contributed by atoms with Gasteiger partial charge < -0.3 is 5.73 Å². The largest absolute Gasteiger partial charge is 0.312 e. The average Bonchev–Trinajstić information content (AvgIpc) is 2.63. The Labute approximate surface area is 83.0 Å². The van der Waals surface area contributed by atoms with Gasteiger partial charge in [0.15, 0.2) is 0 Å². The monoisotopic (exact) mass is 194 g/mol. The van der Waals surface area contributed by atoms with Crippen LogP contribution >= 0.6 is 11.3 Å². The van der Waals surface area contributed by atoms with Gasteiger partial charge in [-0.15, -0.1) is 11.3 Å². The maximum Gasteiger partial charge on any atom is 0.128 e. The normalized spacial score (nSPS) is 14.9. The Kier molecular flexibility index (Phi) is 3.47. The van der Waals surface area contributed by atoms with E-state index in [1.807, 2.05) is 5.38 Å². The Hall–Kier alpha value is -0.850. The molecule has 0 bridgehead atoms. The number of rotatable bonds is 3. The first-order chi connectivity index (χ1) is 6.20. The molecule has 1 rings (SSSR count). The summed E-state index contributed by atoms with van der Waals surface area (Å²) in [6, 6.07) is 3.70. The quantitative estimate of drug-likeness (QED) is 0.804. The van der Waals surface area contributed by atoms with Crippen LogP contribution in [0.15, 0.2) is 11.4 Å². The number of hydrogen-bond acceptors (Lipinski definition) is 3. The lowest BCUT2D eigenvalue weighted by Gasteiger charge is -2.10. The lowest BCUT2D eigenvalue weighted by molar-refractivity contribution is 0.722. The van der Waals surface area contributed by atoms with E-state index in [0.29, 0.717) is 5.92 Å². The molecule has 2 atom stereocenters. The van der Waals surface area contributed by atoms with Crippen molar-refractivity contribution in [3.8, 4) is 6.07 Å². The number of nitrogens with zero attached hydrogens (tertiary/aromatic N) is 1. The zero-order valence-electron chi connectivity index (χ0n) is 7.95. The molecular formula is C10H14N2S. The molecule has 3 heteroatoms. The number of nitriles is 1. The van der Waals surface area contributed by atoms with Gasteiger partial charge >= 0.3 is 0 Å². The maximum atomic E-state index is 8.72. The summed E-state index contributed by atoms with van der Waals surface area (Å²) in [5.74, 6) is 0.501. The summed E-state index contributed by atoms with van der Waals surface area (Å²) < 4.78 is 0. The minimum Gasteiger partial charge on any atom is -0.312 e. The summed E-state index contributed by atoms with van der Waals surface area (Å²) in [4.78, 5) is 1.02. The zero-order valence-corrected chi connectivity index (χ0v) is 8.77. The first kappa shape index (κ1) is 10.2. The van der Waals surface area contributed by atoms with E-state index >= 15 is 0 Å². The molecule has 1 aromatic heterocycles. The van der Waals surface area contributed by atoms with Crippen molar-refractivity contribution in [1.29, 1.82) is 5.26 Å². The predicted molar refractivity (Wildman–Crippen MR) is 55.6 cm³/mol. The minimum absolute atomic E-state index is 0.455. The van der Waals surface area contributed by atoms with E-state index in [2.05, 4.69) is 26.0 Å². The predicted octanol–water partition coefficient (Wildman–Crippen LogP) is 2.78. The van der Waals surface area contributed by atoms with Crippen LogP contribution in [0.4, 0.5) is 0 Å². The highest BCUT2D eigenvalue weighted by atomic mass is 32.1. The third kappa shape index (κ3) is 2.09. The Morgan fingerprint density at radius 3 is 2.92 bits per heavy atom. The van der Waals surface area contributed by atoms with Gasteiger partial charge in [0.05, 0.1) is 6.07 Å². The highest BCUT2D eigenvalue weighted by molar-refractivity contribution is 7.10. The van der Waals surface area contributed by atoms with Crippen LogP contribution in [0.1, 0.15) is 42.7 Å². The zero-order chi connectivity index (χ0) is 9.84. The van der Waals surface area contributed by atoms with E-state index in [0.717, 1.165) is 11.3 Å². The fraction of sp³-hybridized carbons (Fsp3) is 0.500. The van der Waals surface area contributed by atoms with Crippen LogP contribution in [0, 0.1) is 11.3 Å². The van der Waals surface area contributed by atoms with Gasteiger partial charge in [0.1, 0.15) is 6.04 Å². The first-order valence-corrected chi connectivity index (χ1v) is 5.31. The molecule has 2 N–H and O–H groups in total. The average molecular weight is 194 g/mol. The standard InChI is InChI=1S/C10H14N2S/c1-3-7(2)8-4-5-13-10(8)9(12)6-11/h4-5,7,9H,3,12H2,1-2H3. The Morgan fingerprint density at radius 1 is 1.69 bits per heavy atom. The van der Waals surface area contributed by atoms with Crippen LogP contribution < -0.4 is 5.73 Å². The fourth-order valence-corrected chi connectivity index (χ4v) is 2.24. The van der Waals surface area contributed by atoms with E-state index in [9.17, 15) is 0 Å². The van der Waals surface area contributed by atoms with Crippen molar-refractivity contribution in [2.75, 3.05) is 0 Å². The summed E-state index contributed by atoms with van der Waals surface area (Å²) in [5, 5.41) is 10.7. The third-order valence-electron chi connectivity index (χ3n) is 2.29. The molecule has 70 valence electrons. The minimum atomic E-state index is -0.455. The van der Waals surface area contributed by atoms with E-state index < -0.39 is 6.04 Å². The highest BCUT2D eigenvalue weighted by Gasteiger charge is 2.15. The highest BCUT2D eigenvalue weighted by Crippen LogP contribution is 2.30. The van der Waals surface area contributed by atoms with Crippen LogP contribution in [0.5, 0.6) is 0 Å². The molecule has 1 heterocycles. The van der Waals surface area contributed by atoms with Crippen LogP contribution in [-0.2, 0) is 0 Å². The Balaban J connectivity index is 2.97. The molecule has 2 unspecified atom stereocenters. The molecule has 13 heavy (non-hydrogen) atoms. The van der Waals surface area contributed by atoms with Crippen molar-refractivity contribution in [3.63, 3.8) is 0 Å². The van der Waals surface area contributed by atoms with Crippen molar-refractivity contribution in [2.24, 2.45) is 5.73 Å². The van der Waals surface area contributed by atoms with Crippen molar-refractivity contribution in [3.05, 3.63) is 21.9 Å². The Morgan fingerprint density at radius 2 is 2.38 bits per heavy atom. The summed E-state index contributed by atoms with van der Waals surface area (Å²) >= 11 is 1.58. The van der Waals surface area contributed by atoms with Gasteiger partial charge in [-0.1, -0.05) is 13.8 Å². The molecule has 2 nitrogen and oxygen atoms in total. The van der Waals surface area contributed by atoms with E-state index in [1.54, 1.807) is 11.3 Å². The van der Waals surface area contributed by atoms with Gasteiger partial charge in [0.25, 0.3) is 0 Å². The van der Waals surface area contributed by atoms with E-state index in [1.165, 1.54) is 5.56 Å². The molecule has 0 saturated carbocycles. The molecule has 0 aliphatic rings. The lowest BCUT2D eigenvalue weighted by atomic mass is 9.97. The SMILES string of the molecule is CCC(C)c1ccsc1C(N)C#N. The van der Waals surface area contributed by atoms with E-state index in [4.69, 9.17) is 11.0 Å². The van der Waals surface area contributed by atoms with Gasteiger partial charge in [0.2, 0.25) is 0 Å². The summed E-state index contributed by atoms with van der Waals surface area (Å²) in [7, 11) is 0. The molecule has 0 aromatic carbocycles. The number of nitrogens with two attached hydrogens (primary N) is 1. The molecule has 0 spiro atoms. The first-order valence-electron chi connectivity index (χ1n) is 4.43. The molecule has 0 aliphatic heterocycles. The molecule has 0 radical (unpaired) electrons. The second-order valence-corrected chi connectivity index (χ2v) is 4.10. The Bertz CT molecular complexity index is 311. The lowest BCUT2D eigenvalue weighted by Crippen LogP contribution is -2.08. The van der Waals surface area contributed by atoms with Gasteiger partial charge in [-0.3, -0.25) is 0 Å². The summed E-state index contributed by atoms with van der Waals surface area (Å²) in [5.41, 5.74) is 6.92. The van der Waals surface area contributed by atoms with Crippen LogP contribution in [0.2, 0.25) is 0 Å². The second-order valence-electron chi connectivity index (χ2n) is 3.16. The van der Waals surface area contributed by atoms with Crippen LogP contribution in [0.25, 0.3) is 0 Å². The van der Waals surface area contributed by atoms with Crippen LogP contribution in [0.3, 0.4) is 0 Å². The van der Waals surface area contributed by atoms with Crippen molar-refractivity contribution >= 4 is 11.3 Å². The van der Waals surface area contributed by atoms with Crippen molar-refractivity contribution in [2.45, 2.75) is 32.2 Å². The maximum absolute atomic E-state index is 8.72. The smallest absolute Gasteiger partial charge is 0.128 e. The second kappa shape index (κ2) is 4.40. The number of hydrogen-bond donors (Lipinski definition) is 1. The molecular weight excluding hydrogens is 180 g/mol. The summed E-state index contributed by atoms with van der Waals surface area (Å²) in [6.45, 7) is 4.31. The fourth-order valence-electron chi connectivity index (χ4n) is 1.27. The van der Waals surface area contributed by atoms with Gasteiger partial charge in [-0.25, -0.2) is 0 Å².